The predicted octanol–water partition coefficient (Wildman–Crippen LogP) is 3.55. The maximum absolute atomic E-state index is 5.70. The van der Waals surface area contributed by atoms with Crippen molar-refractivity contribution in [2.24, 2.45) is 4.99 Å². The maximum atomic E-state index is 5.70. The average Bonchev–Trinajstić information content (AvgIpc) is 3.09. The fourth-order valence-corrected chi connectivity index (χ4v) is 3.13. The Labute approximate surface area is 166 Å². The molecule has 6 nitrogen and oxygen atoms in total. The predicted molar refractivity (Wildman–Crippen MR) is 112 cm³/mol. The van der Waals surface area contributed by atoms with Crippen LogP contribution in [0.4, 0.5) is 0 Å². The molecule has 0 fully saturated rings. The van der Waals surface area contributed by atoms with Crippen molar-refractivity contribution in [3.05, 3.63) is 39.8 Å². The zero-order valence-corrected chi connectivity index (χ0v) is 17.5. The molecular weight excluding hydrogens is 360 g/mol. The fourth-order valence-electron chi connectivity index (χ4n) is 2.49. The highest BCUT2D eigenvalue weighted by molar-refractivity contribution is 7.09. The van der Waals surface area contributed by atoms with Crippen molar-refractivity contribution in [2.75, 3.05) is 26.8 Å². The summed E-state index contributed by atoms with van der Waals surface area (Å²) in [4.78, 5) is 9.16. The van der Waals surface area contributed by atoms with Gasteiger partial charge in [0.15, 0.2) is 17.5 Å². The van der Waals surface area contributed by atoms with E-state index < -0.39 is 0 Å². The molecule has 0 bridgehead atoms. The zero-order valence-electron chi connectivity index (χ0n) is 16.7. The van der Waals surface area contributed by atoms with Crippen molar-refractivity contribution in [1.29, 1.82) is 0 Å². The van der Waals surface area contributed by atoms with Crippen LogP contribution in [0.5, 0.6) is 11.5 Å². The Morgan fingerprint density at radius 2 is 2.07 bits per heavy atom. The van der Waals surface area contributed by atoms with E-state index in [1.807, 2.05) is 25.1 Å². The Hall–Kier alpha value is -2.28. The lowest BCUT2D eigenvalue weighted by Gasteiger charge is -2.12. The summed E-state index contributed by atoms with van der Waals surface area (Å²) >= 11 is 1.68. The molecule has 0 spiro atoms. The number of aryl methyl sites for hydroxylation is 1. The van der Waals surface area contributed by atoms with Crippen LogP contribution >= 0.6 is 11.3 Å². The summed E-state index contributed by atoms with van der Waals surface area (Å²) in [6, 6.07) is 5.96. The van der Waals surface area contributed by atoms with E-state index in [4.69, 9.17) is 9.47 Å². The van der Waals surface area contributed by atoms with E-state index in [1.54, 1.807) is 18.4 Å². The molecule has 0 amide bonds. The van der Waals surface area contributed by atoms with Crippen LogP contribution in [0.2, 0.25) is 0 Å². The molecule has 0 unspecified atom stereocenters. The van der Waals surface area contributed by atoms with Gasteiger partial charge in [-0.3, -0.25) is 0 Å². The summed E-state index contributed by atoms with van der Waals surface area (Å²) in [7, 11) is 1.66. The molecule has 148 valence electrons. The van der Waals surface area contributed by atoms with Crippen LogP contribution in [0.15, 0.2) is 28.6 Å². The van der Waals surface area contributed by atoms with Gasteiger partial charge in [-0.25, -0.2) is 9.98 Å². The van der Waals surface area contributed by atoms with Gasteiger partial charge in [0.1, 0.15) is 0 Å². The number of hydrogen-bond acceptors (Lipinski definition) is 5. The molecular formula is C20H30N4O2S. The SMILES string of the molecule is CCCOc1ccc(CN=C(NCC)NCCc2csc(C)n2)cc1OC. The van der Waals surface area contributed by atoms with Crippen LogP contribution in [-0.2, 0) is 13.0 Å². The summed E-state index contributed by atoms with van der Waals surface area (Å²) in [5.74, 6) is 2.32. The molecule has 0 aliphatic rings. The fraction of sp³-hybridized carbons (Fsp3) is 0.500. The number of guanidine groups is 1. The summed E-state index contributed by atoms with van der Waals surface area (Å²) in [5.41, 5.74) is 2.19. The molecule has 0 aliphatic carbocycles. The molecule has 0 saturated carbocycles. The van der Waals surface area contributed by atoms with Crippen LogP contribution in [0, 0.1) is 6.92 Å². The van der Waals surface area contributed by atoms with Gasteiger partial charge < -0.3 is 20.1 Å². The van der Waals surface area contributed by atoms with E-state index in [9.17, 15) is 0 Å². The van der Waals surface area contributed by atoms with Crippen LogP contribution in [0.3, 0.4) is 0 Å². The van der Waals surface area contributed by atoms with Gasteiger partial charge in [0, 0.05) is 24.9 Å². The number of thiazole rings is 1. The van der Waals surface area contributed by atoms with Crippen molar-refractivity contribution in [3.63, 3.8) is 0 Å². The van der Waals surface area contributed by atoms with Gasteiger partial charge in [-0.15, -0.1) is 11.3 Å². The van der Waals surface area contributed by atoms with Crippen molar-refractivity contribution in [3.8, 4) is 11.5 Å². The van der Waals surface area contributed by atoms with E-state index in [0.717, 1.165) is 59.7 Å². The Kier molecular flexibility index (Phi) is 8.91. The van der Waals surface area contributed by atoms with Gasteiger partial charge in [-0.1, -0.05) is 13.0 Å². The Morgan fingerprint density at radius 3 is 2.74 bits per heavy atom. The van der Waals surface area contributed by atoms with Crippen molar-refractivity contribution >= 4 is 17.3 Å². The lowest BCUT2D eigenvalue weighted by molar-refractivity contribution is 0.294. The lowest BCUT2D eigenvalue weighted by atomic mass is 10.2. The van der Waals surface area contributed by atoms with E-state index in [2.05, 4.69) is 39.8 Å². The van der Waals surface area contributed by atoms with Crippen LogP contribution in [-0.4, -0.2) is 37.7 Å². The second-order valence-corrected chi connectivity index (χ2v) is 7.13. The maximum Gasteiger partial charge on any atom is 0.191 e. The monoisotopic (exact) mass is 390 g/mol. The Bertz CT molecular complexity index is 731. The smallest absolute Gasteiger partial charge is 0.191 e. The number of aliphatic imine (C=N–C) groups is 1. The van der Waals surface area contributed by atoms with Crippen LogP contribution < -0.4 is 20.1 Å². The minimum absolute atomic E-state index is 0.565. The van der Waals surface area contributed by atoms with E-state index in [0.29, 0.717) is 13.2 Å². The first kappa shape index (κ1) is 21.0. The molecule has 0 atom stereocenters. The number of hydrogen-bond donors (Lipinski definition) is 2. The summed E-state index contributed by atoms with van der Waals surface area (Å²) < 4.78 is 11.1. The van der Waals surface area contributed by atoms with Crippen molar-refractivity contribution in [2.45, 2.75) is 40.2 Å². The highest BCUT2D eigenvalue weighted by atomic mass is 32.1. The number of benzene rings is 1. The molecule has 7 heteroatoms. The second-order valence-electron chi connectivity index (χ2n) is 6.06. The number of aromatic nitrogens is 1. The third-order valence-electron chi connectivity index (χ3n) is 3.79. The van der Waals surface area contributed by atoms with E-state index in [1.165, 1.54) is 0 Å². The Morgan fingerprint density at radius 1 is 1.22 bits per heavy atom. The van der Waals surface area contributed by atoms with Gasteiger partial charge >= 0.3 is 0 Å². The van der Waals surface area contributed by atoms with Crippen LogP contribution in [0.1, 0.15) is 36.5 Å². The number of methoxy groups -OCH3 is 1. The van der Waals surface area contributed by atoms with Gasteiger partial charge in [0.05, 0.1) is 31.0 Å². The van der Waals surface area contributed by atoms with Crippen LogP contribution in [0.25, 0.3) is 0 Å². The molecule has 2 rings (SSSR count). The number of ether oxygens (including phenoxy) is 2. The second kappa shape index (κ2) is 11.4. The molecule has 1 aromatic carbocycles. The molecule has 27 heavy (non-hydrogen) atoms. The van der Waals surface area contributed by atoms with Gasteiger partial charge in [0.2, 0.25) is 0 Å². The quantitative estimate of drug-likeness (QED) is 0.480. The molecule has 0 radical (unpaired) electrons. The largest absolute Gasteiger partial charge is 0.493 e. The first-order chi connectivity index (χ1) is 13.2. The zero-order chi connectivity index (χ0) is 19.5. The third kappa shape index (κ3) is 7.09. The minimum atomic E-state index is 0.565. The topological polar surface area (TPSA) is 67.8 Å². The molecule has 0 aliphatic heterocycles. The molecule has 1 heterocycles. The van der Waals surface area contributed by atoms with Gasteiger partial charge in [0.25, 0.3) is 0 Å². The molecule has 0 saturated heterocycles. The summed E-state index contributed by atoms with van der Waals surface area (Å²) in [5, 5.41) is 9.85. The first-order valence-electron chi connectivity index (χ1n) is 9.39. The summed E-state index contributed by atoms with van der Waals surface area (Å²) in [6.45, 7) is 9.03. The number of nitrogens with zero attached hydrogens (tertiary/aromatic N) is 2. The van der Waals surface area contributed by atoms with Crippen molar-refractivity contribution in [1.82, 2.24) is 15.6 Å². The number of nitrogens with one attached hydrogen (secondary N) is 2. The summed E-state index contributed by atoms with van der Waals surface area (Å²) in [6.07, 6.45) is 1.85. The van der Waals surface area contributed by atoms with Crippen molar-refractivity contribution < 1.29 is 9.47 Å². The average molecular weight is 391 g/mol. The standard InChI is InChI=1S/C20H30N4O2S/c1-5-11-26-18-8-7-16(12-19(18)25-4)13-23-20(21-6-2)22-10-9-17-14-27-15(3)24-17/h7-8,12,14H,5-6,9-11,13H2,1-4H3,(H2,21,22,23). The highest BCUT2D eigenvalue weighted by Gasteiger charge is 2.06. The molecule has 2 N–H and O–H groups in total. The number of rotatable bonds is 10. The minimum Gasteiger partial charge on any atom is -0.493 e. The van der Waals surface area contributed by atoms with Gasteiger partial charge in [-0.2, -0.15) is 0 Å². The third-order valence-corrected chi connectivity index (χ3v) is 4.62. The first-order valence-corrected chi connectivity index (χ1v) is 10.3. The van der Waals surface area contributed by atoms with E-state index >= 15 is 0 Å². The molecule has 2 aromatic rings. The Balaban J connectivity index is 1.94. The molecule has 1 aromatic heterocycles. The van der Waals surface area contributed by atoms with E-state index in [-0.39, 0.29) is 0 Å². The van der Waals surface area contributed by atoms with Gasteiger partial charge in [-0.05, 0) is 38.0 Å². The highest BCUT2D eigenvalue weighted by Crippen LogP contribution is 2.28. The normalized spacial score (nSPS) is 11.3. The lowest BCUT2D eigenvalue weighted by Crippen LogP contribution is -2.38.